The molecule has 0 aromatic rings. The predicted octanol–water partition coefficient (Wildman–Crippen LogP) is 3.23. The Kier molecular flexibility index (Phi) is 13.0. The Morgan fingerprint density at radius 1 is 0.562 bits per heavy atom. The molecule has 0 aromatic heterocycles. The Labute approximate surface area is 104 Å². The fraction of sp³-hybridized carbons (Fsp3) is 1.00. The summed E-state index contributed by atoms with van der Waals surface area (Å²) >= 11 is 0. The first-order valence-electron chi connectivity index (χ1n) is 7.16. The number of nitrogens with zero attached hydrogens (tertiary/aromatic N) is 2. The molecule has 0 fully saturated rings. The molecule has 0 aliphatic heterocycles. The average Bonchev–Trinajstić information content (AvgIpc) is 2.36. The standard InChI is InChI=1S/C8H20N.C6H15N/c1-5-9(6-2,7-3)8-4;1-4-7(5-2)6-3/h5-8H2,1-4H3;4-6H2,1-3H3/q+1;. The van der Waals surface area contributed by atoms with Crippen molar-refractivity contribution in [2.75, 3.05) is 45.8 Å². The van der Waals surface area contributed by atoms with E-state index in [0.717, 1.165) is 0 Å². The highest BCUT2D eigenvalue weighted by molar-refractivity contribution is 4.43. The Bertz CT molecular complexity index is 104. The van der Waals surface area contributed by atoms with Crippen LogP contribution in [-0.4, -0.2) is 55.2 Å². The second-order valence-corrected chi connectivity index (χ2v) is 4.23. The van der Waals surface area contributed by atoms with Crippen LogP contribution in [0.5, 0.6) is 0 Å². The first kappa shape index (κ1) is 18.3. The summed E-state index contributed by atoms with van der Waals surface area (Å²) in [5.41, 5.74) is 0. The molecule has 0 radical (unpaired) electrons. The van der Waals surface area contributed by atoms with Crippen molar-refractivity contribution in [3.05, 3.63) is 0 Å². The first-order chi connectivity index (χ1) is 7.59. The van der Waals surface area contributed by atoms with Gasteiger partial charge in [0, 0.05) is 0 Å². The van der Waals surface area contributed by atoms with E-state index in [9.17, 15) is 0 Å². The lowest BCUT2D eigenvalue weighted by molar-refractivity contribution is -0.921. The molecule has 0 rings (SSSR count). The van der Waals surface area contributed by atoms with Crippen LogP contribution in [-0.2, 0) is 0 Å². The maximum Gasteiger partial charge on any atom is 0.0757 e. The van der Waals surface area contributed by atoms with Crippen molar-refractivity contribution in [3.63, 3.8) is 0 Å². The zero-order valence-corrected chi connectivity index (χ0v) is 12.8. The van der Waals surface area contributed by atoms with Crippen LogP contribution < -0.4 is 0 Å². The Morgan fingerprint density at radius 2 is 0.812 bits per heavy atom. The lowest BCUT2D eigenvalue weighted by atomic mass is 10.3. The molecule has 0 aliphatic carbocycles. The molecule has 0 bridgehead atoms. The average molecular weight is 231 g/mol. The van der Waals surface area contributed by atoms with Gasteiger partial charge in [0.2, 0.25) is 0 Å². The van der Waals surface area contributed by atoms with Crippen molar-refractivity contribution < 1.29 is 4.48 Å². The van der Waals surface area contributed by atoms with E-state index in [2.05, 4.69) is 53.4 Å². The summed E-state index contributed by atoms with van der Waals surface area (Å²) in [6.45, 7) is 24.3. The smallest absolute Gasteiger partial charge is 0.0757 e. The number of quaternary nitrogens is 1. The zero-order chi connectivity index (χ0) is 13.0. The van der Waals surface area contributed by atoms with Crippen LogP contribution in [0.1, 0.15) is 48.5 Å². The van der Waals surface area contributed by atoms with Crippen LogP contribution >= 0.6 is 0 Å². The Morgan fingerprint density at radius 3 is 0.812 bits per heavy atom. The SMILES string of the molecule is CCN(CC)CC.CC[N+](CC)(CC)CC. The summed E-state index contributed by atoms with van der Waals surface area (Å²) < 4.78 is 1.28. The topological polar surface area (TPSA) is 3.24 Å². The molecule has 2 heteroatoms. The van der Waals surface area contributed by atoms with E-state index in [1.165, 1.54) is 50.3 Å². The highest BCUT2D eigenvalue weighted by Gasteiger charge is 2.16. The van der Waals surface area contributed by atoms with Gasteiger partial charge in [0.25, 0.3) is 0 Å². The summed E-state index contributed by atoms with van der Waals surface area (Å²) in [6, 6.07) is 0. The van der Waals surface area contributed by atoms with Crippen molar-refractivity contribution in [2.24, 2.45) is 0 Å². The van der Waals surface area contributed by atoms with Gasteiger partial charge in [-0.05, 0) is 47.3 Å². The van der Waals surface area contributed by atoms with Gasteiger partial charge < -0.3 is 9.38 Å². The molecule has 0 amide bonds. The molecule has 0 spiro atoms. The molecule has 0 aliphatic rings. The van der Waals surface area contributed by atoms with Gasteiger partial charge in [0.15, 0.2) is 0 Å². The third kappa shape index (κ3) is 7.24. The predicted molar refractivity (Wildman–Crippen MR) is 75.9 cm³/mol. The van der Waals surface area contributed by atoms with Crippen LogP contribution in [0.15, 0.2) is 0 Å². The molecule has 0 atom stereocenters. The van der Waals surface area contributed by atoms with Gasteiger partial charge in [-0.25, -0.2) is 0 Å². The summed E-state index contributed by atoms with van der Waals surface area (Å²) in [4.78, 5) is 2.38. The van der Waals surface area contributed by atoms with E-state index >= 15 is 0 Å². The third-order valence-corrected chi connectivity index (χ3v) is 4.02. The minimum atomic E-state index is 1.19. The molecule has 0 saturated heterocycles. The second-order valence-electron chi connectivity index (χ2n) is 4.23. The highest BCUT2D eigenvalue weighted by Crippen LogP contribution is 2.03. The fourth-order valence-electron chi connectivity index (χ4n) is 2.01. The third-order valence-electron chi connectivity index (χ3n) is 4.02. The van der Waals surface area contributed by atoms with Crippen LogP contribution in [0.4, 0.5) is 0 Å². The van der Waals surface area contributed by atoms with E-state index in [-0.39, 0.29) is 0 Å². The maximum atomic E-state index is 2.38. The van der Waals surface area contributed by atoms with Gasteiger partial charge in [0.1, 0.15) is 0 Å². The number of rotatable bonds is 7. The van der Waals surface area contributed by atoms with Crippen LogP contribution in [0.2, 0.25) is 0 Å². The summed E-state index contributed by atoms with van der Waals surface area (Å²) in [6.07, 6.45) is 0. The molecule has 2 nitrogen and oxygen atoms in total. The minimum Gasteiger partial charge on any atom is -0.325 e. The summed E-state index contributed by atoms with van der Waals surface area (Å²) in [5, 5.41) is 0. The number of hydrogen-bond donors (Lipinski definition) is 0. The van der Waals surface area contributed by atoms with E-state index in [0.29, 0.717) is 0 Å². The molecule has 16 heavy (non-hydrogen) atoms. The molecular formula is C14H35N2+. The van der Waals surface area contributed by atoms with E-state index in [1.54, 1.807) is 0 Å². The van der Waals surface area contributed by atoms with Crippen molar-refractivity contribution >= 4 is 0 Å². The van der Waals surface area contributed by atoms with Crippen LogP contribution in [0.25, 0.3) is 0 Å². The van der Waals surface area contributed by atoms with Crippen molar-refractivity contribution in [1.82, 2.24) is 4.90 Å². The van der Waals surface area contributed by atoms with Crippen LogP contribution in [0.3, 0.4) is 0 Å². The Balaban J connectivity index is 0. The first-order valence-corrected chi connectivity index (χ1v) is 7.16. The van der Waals surface area contributed by atoms with Gasteiger partial charge in [-0.15, -0.1) is 0 Å². The molecular weight excluding hydrogens is 196 g/mol. The molecule has 0 aromatic carbocycles. The second kappa shape index (κ2) is 11.4. The molecule has 0 N–H and O–H groups in total. The largest absolute Gasteiger partial charge is 0.325 e. The van der Waals surface area contributed by atoms with Crippen LogP contribution in [0, 0.1) is 0 Å². The molecule has 0 saturated carbocycles. The molecule has 100 valence electrons. The van der Waals surface area contributed by atoms with Gasteiger partial charge in [-0.1, -0.05) is 20.8 Å². The van der Waals surface area contributed by atoms with E-state index in [1.807, 2.05) is 0 Å². The zero-order valence-electron chi connectivity index (χ0n) is 12.8. The normalized spacial score (nSPS) is 11.2. The van der Waals surface area contributed by atoms with Gasteiger partial charge >= 0.3 is 0 Å². The Hall–Kier alpha value is -0.0800. The summed E-state index contributed by atoms with van der Waals surface area (Å²) in [7, 11) is 0. The monoisotopic (exact) mass is 231 g/mol. The van der Waals surface area contributed by atoms with E-state index in [4.69, 9.17) is 0 Å². The van der Waals surface area contributed by atoms with Gasteiger partial charge in [-0.2, -0.15) is 0 Å². The van der Waals surface area contributed by atoms with Gasteiger partial charge in [0.05, 0.1) is 26.2 Å². The minimum absolute atomic E-state index is 1.19. The summed E-state index contributed by atoms with van der Waals surface area (Å²) in [5.74, 6) is 0. The van der Waals surface area contributed by atoms with E-state index < -0.39 is 0 Å². The van der Waals surface area contributed by atoms with Crippen molar-refractivity contribution in [1.29, 1.82) is 0 Å². The lowest BCUT2D eigenvalue weighted by Gasteiger charge is -2.34. The fourth-order valence-corrected chi connectivity index (χ4v) is 2.01. The quantitative estimate of drug-likeness (QED) is 0.608. The van der Waals surface area contributed by atoms with Crippen molar-refractivity contribution in [3.8, 4) is 0 Å². The van der Waals surface area contributed by atoms with Crippen molar-refractivity contribution in [2.45, 2.75) is 48.5 Å². The maximum absolute atomic E-state index is 2.38. The number of hydrogen-bond acceptors (Lipinski definition) is 1. The lowest BCUT2D eigenvalue weighted by Crippen LogP contribution is -2.47. The van der Waals surface area contributed by atoms with Gasteiger partial charge in [-0.3, -0.25) is 0 Å². The molecule has 0 heterocycles. The highest BCUT2D eigenvalue weighted by atomic mass is 15.3. The molecule has 0 unspecified atom stereocenters.